The van der Waals surface area contributed by atoms with E-state index >= 15 is 0 Å². The van der Waals surface area contributed by atoms with Crippen molar-refractivity contribution >= 4 is 17.5 Å². The van der Waals surface area contributed by atoms with Crippen molar-refractivity contribution in [2.24, 2.45) is 0 Å². The Bertz CT molecular complexity index is 617. The maximum atomic E-state index is 13.6. The molecule has 0 atom stereocenters. The van der Waals surface area contributed by atoms with Crippen LogP contribution < -0.4 is 0 Å². The van der Waals surface area contributed by atoms with Gasteiger partial charge in [-0.1, -0.05) is 12.1 Å². The van der Waals surface area contributed by atoms with E-state index in [2.05, 4.69) is 0 Å². The van der Waals surface area contributed by atoms with Gasteiger partial charge in [0.15, 0.2) is 5.78 Å². The van der Waals surface area contributed by atoms with Crippen LogP contribution in [0.3, 0.4) is 0 Å². The van der Waals surface area contributed by atoms with E-state index in [0.717, 1.165) is 0 Å². The number of hydrogen-bond donors (Lipinski definition) is 0. The summed E-state index contributed by atoms with van der Waals surface area (Å²) in [6.45, 7) is 0. The van der Waals surface area contributed by atoms with Crippen LogP contribution in [0.5, 0.6) is 0 Å². The molecule has 0 heterocycles. The summed E-state index contributed by atoms with van der Waals surface area (Å²) < 4.78 is 40.0. The van der Waals surface area contributed by atoms with Crippen LogP contribution in [0.4, 0.5) is 13.2 Å². The Kier molecular flexibility index (Phi) is 3.95. The zero-order valence-electron chi connectivity index (χ0n) is 9.91. The predicted octanol–water partition coefficient (Wildman–Crippen LogP) is 4.06. The minimum atomic E-state index is -1.20. The first-order valence-corrected chi connectivity index (χ1v) is 6.59. The Morgan fingerprint density at radius 1 is 1.05 bits per heavy atom. The Balaban J connectivity index is 2.57. The molecule has 0 aliphatic heterocycles. The highest BCUT2D eigenvalue weighted by Gasteiger charge is 2.22. The van der Waals surface area contributed by atoms with Gasteiger partial charge >= 0.3 is 0 Å². The zero-order valence-corrected chi connectivity index (χ0v) is 10.7. The summed E-state index contributed by atoms with van der Waals surface area (Å²) in [5.41, 5.74) is -0.540. The molecule has 0 spiro atoms. The Labute approximate surface area is 112 Å². The van der Waals surface area contributed by atoms with Crippen molar-refractivity contribution in [3.8, 4) is 0 Å². The van der Waals surface area contributed by atoms with Crippen molar-refractivity contribution in [3.63, 3.8) is 0 Å². The van der Waals surface area contributed by atoms with Gasteiger partial charge in [-0.2, -0.15) is 0 Å². The number of benzene rings is 2. The molecular formula is C14H9F3OS. The molecule has 2 rings (SSSR count). The highest BCUT2D eigenvalue weighted by atomic mass is 32.2. The molecule has 0 N–H and O–H groups in total. The molecule has 1 nitrogen and oxygen atoms in total. The normalized spacial score (nSPS) is 10.5. The van der Waals surface area contributed by atoms with Gasteiger partial charge in [0.2, 0.25) is 0 Å². The molecule has 5 heteroatoms. The monoisotopic (exact) mass is 282 g/mol. The number of halogens is 3. The van der Waals surface area contributed by atoms with Gasteiger partial charge in [0, 0.05) is 22.6 Å². The minimum Gasteiger partial charge on any atom is -0.288 e. The SMILES string of the molecule is CSc1ccccc1C(=O)c1c(F)cc(F)cc1F. The molecule has 2 aromatic rings. The second kappa shape index (κ2) is 5.48. The summed E-state index contributed by atoms with van der Waals surface area (Å²) in [5, 5.41) is 0. The predicted molar refractivity (Wildman–Crippen MR) is 68.0 cm³/mol. The van der Waals surface area contributed by atoms with Crippen LogP contribution in [0.1, 0.15) is 15.9 Å². The lowest BCUT2D eigenvalue weighted by Crippen LogP contribution is -2.09. The number of rotatable bonds is 3. The fourth-order valence-corrected chi connectivity index (χ4v) is 2.32. The zero-order chi connectivity index (χ0) is 14.0. The average molecular weight is 282 g/mol. The summed E-state index contributed by atoms with van der Waals surface area (Å²) in [5.74, 6) is -4.23. The molecule has 98 valence electrons. The number of ketones is 1. The summed E-state index contributed by atoms with van der Waals surface area (Å²) in [6.07, 6.45) is 1.75. The lowest BCUT2D eigenvalue weighted by Gasteiger charge is -2.08. The van der Waals surface area contributed by atoms with E-state index in [9.17, 15) is 18.0 Å². The van der Waals surface area contributed by atoms with Gasteiger partial charge in [-0.3, -0.25) is 4.79 Å². The van der Waals surface area contributed by atoms with E-state index in [0.29, 0.717) is 17.0 Å². The second-order valence-corrected chi connectivity index (χ2v) is 4.62. The maximum absolute atomic E-state index is 13.6. The van der Waals surface area contributed by atoms with Gasteiger partial charge in [0.05, 0.1) is 5.56 Å². The van der Waals surface area contributed by atoms with Crippen LogP contribution in [-0.4, -0.2) is 12.0 Å². The van der Waals surface area contributed by atoms with Crippen molar-refractivity contribution in [2.75, 3.05) is 6.26 Å². The Morgan fingerprint density at radius 2 is 1.63 bits per heavy atom. The molecule has 0 aliphatic carbocycles. The third-order valence-electron chi connectivity index (χ3n) is 2.59. The van der Waals surface area contributed by atoms with Crippen molar-refractivity contribution in [2.45, 2.75) is 4.90 Å². The lowest BCUT2D eigenvalue weighted by atomic mass is 10.0. The largest absolute Gasteiger partial charge is 0.288 e. The van der Waals surface area contributed by atoms with Crippen LogP contribution in [0.25, 0.3) is 0 Å². The molecule has 0 amide bonds. The van der Waals surface area contributed by atoms with Crippen molar-refractivity contribution in [3.05, 3.63) is 65.0 Å². The van der Waals surface area contributed by atoms with Crippen molar-refractivity contribution < 1.29 is 18.0 Å². The molecular weight excluding hydrogens is 273 g/mol. The third-order valence-corrected chi connectivity index (χ3v) is 3.38. The highest BCUT2D eigenvalue weighted by molar-refractivity contribution is 7.98. The van der Waals surface area contributed by atoms with Gasteiger partial charge in [-0.15, -0.1) is 11.8 Å². The summed E-state index contributed by atoms with van der Waals surface area (Å²) in [6, 6.07) is 7.48. The fourth-order valence-electron chi connectivity index (χ4n) is 1.73. The van der Waals surface area contributed by atoms with Crippen LogP contribution in [0.15, 0.2) is 41.3 Å². The van der Waals surface area contributed by atoms with Crippen LogP contribution in [-0.2, 0) is 0 Å². The maximum Gasteiger partial charge on any atom is 0.200 e. The van der Waals surface area contributed by atoms with Gasteiger partial charge < -0.3 is 0 Å². The molecule has 2 aromatic carbocycles. The molecule has 0 fully saturated rings. The van der Waals surface area contributed by atoms with E-state index in [1.54, 1.807) is 24.5 Å². The fraction of sp³-hybridized carbons (Fsp3) is 0.0714. The summed E-state index contributed by atoms with van der Waals surface area (Å²) in [7, 11) is 0. The number of hydrogen-bond acceptors (Lipinski definition) is 2. The first kappa shape index (κ1) is 13.7. The van der Waals surface area contributed by atoms with E-state index in [1.807, 2.05) is 0 Å². The quantitative estimate of drug-likeness (QED) is 0.624. The van der Waals surface area contributed by atoms with E-state index < -0.39 is 28.8 Å². The number of thioether (sulfide) groups is 1. The van der Waals surface area contributed by atoms with Gasteiger partial charge in [-0.25, -0.2) is 13.2 Å². The first-order chi connectivity index (χ1) is 9.04. The molecule has 0 aliphatic rings. The molecule has 0 bridgehead atoms. The van der Waals surface area contributed by atoms with Crippen molar-refractivity contribution in [1.29, 1.82) is 0 Å². The average Bonchev–Trinajstić information content (AvgIpc) is 2.37. The highest BCUT2D eigenvalue weighted by Crippen LogP contribution is 2.25. The summed E-state index contributed by atoms with van der Waals surface area (Å²) >= 11 is 1.29. The van der Waals surface area contributed by atoms with E-state index in [4.69, 9.17) is 0 Å². The number of carbonyl (C=O) groups excluding carboxylic acids is 1. The second-order valence-electron chi connectivity index (χ2n) is 3.77. The molecule has 19 heavy (non-hydrogen) atoms. The topological polar surface area (TPSA) is 17.1 Å². The number of carbonyl (C=O) groups is 1. The van der Waals surface area contributed by atoms with Gasteiger partial charge in [0.1, 0.15) is 17.5 Å². The standard InChI is InChI=1S/C14H9F3OS/c1-19-12-5-3-2-4-9(12)14(18)13-10(16)6-8(15)7-11(13)17/h2-7H,1H3. The molecule has 0 saturated heterocycles. The Hall–Kier alpha value is -1.75. The van der Waals surface area contributed by atoms with Gasteiger partial charge in [-0.05, 0) is 18.4 Å². The molecule has 0 unspecified atom stereocenters. The van der Waals surface area contributed by atoms with Gasteiger partial charge in [0.25, 0.3) is 0 Å². The van der Waals surface area contributed by atoms with Crippen molar-refractivity contribution in [1.82, 2.24) is 0 Å². The molecule has 0 saturated carbocycles. The smallest absolute Gasteiger partial charge is 0.200 e. The van der Waals surface area contributed by atoms with E-state index in [1.165, 1.54) is 17.8 Å². The molecule has 0 radical (unpaired) electrons. The van der Waals surface area contributed by atoms with Crippen LogP contribution >= 0.6 is 11.8 Å². The van der Waals surface area contributed by atoms with Crippen LogP contribution in [0, 0.1) is 17.5 Å². The van der Waals surface area contributed by atoms with Crippen LogP contribution in [0.2, 0.25) is 0 Å². The third kappa shape index (κ3) is 2.66. The first-order valence-electron chi connectivity index (χ1n) is 5.37. The molecule has 0 aromatic heterocycles. The van der Waals surface area contributed by atoms with E-state index in [-0.39, 0.29) is 5.56 Å². The Morgan fingerprint density at radius 3 is 2.21 bits per heavy atom. The minimum absolute atomic E-state index is 0.194. The lowest BCUT2D eigenvalue weighted by molar-refractivity contribution is 0.102. The summed E-state index contributed by atoms with van der Waals surface area (Å²) in [4.78, 5) is 12.8.